The van der Waals surface area contributed by atoms with Crippen molar-refractivity contribution in [1.29, 1.82) is 0 Å². The summed E-state index contributed by atoms with van der Waals surface area (Å²) in [6.45, 7) is 0. The smallest absolute Gasteiger partial charge is 0.133 e. The average Bonchev–Trinajstić information content (AvgIpc) is 2.79. The van der Waals surface area contributed by atoms with Crippen LogP contribution in [0.2, 0.25) is 0 Å². The molecule has 0 aromatic carbocycles. The van der Waals surface area contributed by atoms with E-state index in [0.29, 0.717) is 5.92 Å². The lowest BCUT2D eigenvalue weighted by atomic mass is 9.82. The van der Waals surface area contributed by atoms with Crippen molar-refractivity contribution in [1.82, 2.24) is 9.36 Å². The monoisotopic (exact) mass is 195 g/mol. The minimum Gasteiger partial charge on any atom is -0.319 e. The molecule has 2 fully saturated rings. The quantitative estimate of drug-likeness (QED) is 0.739. The lowest BCUT2D eigenvalue weighted by molar-refractivity contribution is 0.275. The molecule has 70 valence electrons. The van der Waals surface area contributed by atoms with Crippen LogP contribution in [-0.2, 0) is 5.54 Å². The first-order valence-corrected chi connectivity index (χ1v) is 5.62. The second kappa shape index (κ2) is 2.51. The predicted octanol–water partition coefficient (Wildman–Crippen LogP) is 1.51. The average molecular weight is 195 g/mol. The molecule has 0 amide bonds. The van der Waals surface area contributed by atoms with Gasteiger partial charge in [0, 0.05) is 0 Å². The Kier molecular flexibility index (Phi) is 1.52. The van der Waals surface area contributed by atoms with Gasteiger partial charge in [-0.05, 0) is 42.6 Å². The molecule has 2 bridgehead atoms. The second-order valence-corrected chi connectivity index (χ2v) is 5.15. The van der Waals surface area contributed by atoms with E-state index in [0.717, 1.165) is 17.3 Å². The third-order valence-electron chi connectivity index (χ3n) is 3.66. The molecule has 4 heteroatoms. The summed E-state index contributed by atoms with van der Waals surface area (Å²) in [4.78, 5) is 4.27. The highest BCUT2D eigenvalue weighted by molar-refractivity contribution is 7.05. The number of rotatable bonds is 1. The van der Waals surface area contributed by atoms with Crippen LogP contribution in [0.3, 0.4) is 0 Å². The van der Waals surface area contributed by atoms with Gasteiger partial charge < -0.3 is 5.73 Å². The van der Waals surface area contributed by atoms with Crippen molar-refractivity contribution in [2.24, 2.45) is 17.6 Å². The van der Waals surface area contributed by atoms with Crippen LogP contribution in [0.4, 0.5) is 0 Å². The van der Waals surface area contributed by atoms with E-state index in [2.05, 4.69) is 9.36 Å². The van der Waals surface area contributed by atoms with Gasteiger partial charge in [-0.3, -0.25) is 0 Å². The third-order valence-corrected chi connectivity index (χ3v) is 4.51. The maximum Gasteiger partial charge on any atom is 0.133 e. The van der Waals surface area contributed by atoms with E-state index < -0.39 is 0 Å². The highest BCUT2D eigenvalue weighted by Gasteiger charge is 2.51. The van der Waals surface area contributed by atoms with Gasteiger partial charge in [-0.25, -0.2) is 4.98 Å². The molecular formula is C9H13N3S. The van der Waals surface area contributed by atoms with E-state index in [1.165, 1.54) is 30.8 Å². The molecule has 2 aliphatic rings. The Morgan fingerprint density at radius 3 is 3.00 bits per heavy atom. The summed E-state index contributed by atoms with van der Waals surface area (Å²) in [6.07, 6.45) is 6.74. The third kappa shape index (κ3) is 0.987. The van der Waals surface area contributed by atoms with Gasteiger partial charge in [0.15, 0.2) is 0 Å². The molecule has 3 unspecified atom stereocenters. The van der Waals surface area contributed by atoms with Crippen LogP contribution < -0.4 is 5.73 Å². The van der Waals surface area contributed by atoms with Gasteiger partial charge in [-0.15, -0.1) is 0 Å². The topological polar surface area (TPSA) is 51.8 Å². The molecule has 2 aliphatic carbocycles. The first kappa shape index (κ1) is 7.88. The lowest BCUT2D eigenvalue weighted by Gasteiger charge is -2.31. The fourth-order valence-electron chi connectivity index (χ4n) is 3.01. The van der Waals surface area contributed by atoms with E-state index in [9.17, 15) is 0 Å². The normalized spacial score (nSPS) is 42.8. The number of nitrogens with two attached hydrogens (primary N) is 1. The molecule has 0 radical (unpaired) electrons. The number of hydrogen-bond acceptors (Lipinski definition) is 4. The summed E-state index contributed by atoms with van der Waals surface area (Å²) < 4.78 is 4.05. The Morgan fingerprint density at radius 1 is 1.54 bits per heavy atom. The maximum atomic E-state index is 6.42. The first-order valence-electron chi connectivity index (χ1n) is 4.85. The minimum atomic E-state index is -0.121. The molecule has 1 aromatic heterocycles. The van der Waals surface area contributed by atoms with Crippen molar-refractivity contribution in [3.63, 3.8) is 0 Å². The number of nitrogens with zero attached hydrogens (tertiary/aromatic N) is 2. The Balaban J connectivity index is 1.98. The molecule has 1 heterocycles. The van der Waals surface area contributed by atoms with Crippen molar-refractivity contribution >= 4 is 11.5 Å². The van der Waals surface area contributed by atoms with Crippen LogP contribution in [0.25, 0.3) is 0 Å². The fourth-order valence-corrected chi connectivity index (χ4v) is 3.72. The molecule has 1 aromatic rings. The van der Waals surface area contributed by atoms with E-state index >= 15 is 0 Å². The van der Waals surface area contributed by atoms with E-state index in [1.54, 1.807) is 6.33 Å². The minimum absolute atomic E-state index is 0.121. The SMILES string of the molecule is NC1(c2ncns2)CC2CCC1C2. The van der Waals surface area contributed by atoms with Gasteiger partial charge in [0.05, 0.1) is 5.54 Å². The summed E-state index contributed by atoms with van der Waals surface area (Å²) >= 11 is 1.47. The van der Waals surface area contributed by atoms with Gasteiger partial charge in [0.2, 0.25) is 0 Å². The highest BCUT2D eigenvalue weighted by atomic mass is 32.1. The molecule has 2 saturated carbocycles. The summed E-state index contributed by atoms with van der Waals surface area (Å²) in [6, 6.07) is 0. The van der Waals surface area contributed by atoms with Gasteiger partial charge in [0.1, 0.15) is 11.3 Å². The summed E-state index contributed by atoms with van der Waals surface area (Å²) in [7, 11) is 0. The van der Waals surface area contributed by atoms with Crippen molar-refractivity contribution in [3.05, 3.63) is 11.3 Å². The highest BCUT2D eigenvalue weighted by Crippen LogP contribution is 2.54. The Labute approximate surface area is 81.5 Å². The molecule has 0 aliphatic heterocycles. The van der Waals surface area contributed by atoms with Gasteiger partial charge in [-0.2, -0.15) is 4.37 Å². The summed E-state index contributed by atoms with van der Waals surface area (Å²) in [5, 5.41) is 1.06. The maximum absolute atomic E-state index is 6.42. The van der Waals surface area contributed by atoms with E-state index in [1.807, 2.05) is 0 Å². The van der Waals surface area contributed by atoms with Crippen LogP contribution in [0.15, 0.2) is 6.33 Å². The molecule has 3 atom stereocenters. The molecule has 13 heavy (non-hydrogen) atoms. The molecule has 3 nitrogen and oxygen atoms in total. The van der Waals surface area contributed by atoms with Gasteiger partial charge >= 0.3 is 0 Å². The zero-order valence-corrected chi connectivity index (χ0v) is 8.26. The largest absolute Gasteiger partial charge is 0.319 e. The van der Waals surface area contributed by atoms with Crippen LogP contribution in [0.1, 0.15) is 30.7 Å². The first-order chi connectivity index (χ1) is 6.29. The molecule has 2 N–H and O–H groups in total. The number of hydrogen-bond donors (Lipinski definition) is 1. The van der Waals surface area contributed by atoms with Crippen LogP contribution in [0.5, 0.6) is 0 Å². The van der Waals surface area contributed by atoms with Crippen molar-refractivity contribution in [2.75, 3.05) is 0 Å². The van der Waals surface area contributed by atoms with Gasteiger partial charge in [-0.1, -0.05) is 6.42 Å². The molecule has 3 rings (SSSR count). The zero-order valence-electron chi connectivity index (χ0n) is 7.44. The summed E-state index contributed by atoms with van der Waals surface area (Å²) in [5.74, 6) is 1.53. The molecular weight excluding hydrogens is 182 g/mol. The van der Waals surface area contributed by atoms with Gasteiger partial charge in [0.25, 0.3) is 0 Å². The fraction of sp³-hybridized carbons (Fsp3) is 0.778. The van der Waals surface area contributed by atoms with E-state index in [-0.39, 0.29) is 5.54 Å². The molecule has 0 spiro atoms. The van der Waals surface area contributed by atoms with Crippen molar-refractivity contribution in [3.8, 4) is 0 Å². The van der Waals surface area contributed by atoms with Crippen LogP contribution in [-0.4, -0.2) is 9.36 Å². The predicted molar refractivity (Wildman–Crippen MR) is 51.2 cm³/mol. The van der Waals surface area contributed by atoms with Crippen LogP contribution >= 0.6 is 11.5 Å². The standard InChI is InChI=1S/C9H13N3S/c10-9(8-11-5-12-13-8)4-6-1-2-7(9)3-6/h5-7H,1-4,10H2. The van der Waals surface area contributed by atoms with Crippen molar-refractivity contribution in [2.45, 2.75) is 31.2 Å². The Morgan fingerprint density at radius 2 is 2.46 bits per heavy atom. The summed E-state index contributed by atoms with van der Waals surface area (Å²) in [5.41, 5.74) is 6.30. The zero-order chi connectivity index (χ0) is 8.89. The molecule has 0 saturated heterocycles. The number of aromatic nitrogens is 2. The van der Waals surface area contributed by atoms with Crippen LogP contribution in [0, 0.1) is 11.8 Å². The van der Waals surface area contributed by atoms with Crippen molar-refractivity contribution < 1.29 is 0 Å². The second-order valence-electron chi connectivity index (χ2n) is 4.37. The number of fused-ring (bicyclic) bond motifs is 2. The van der Waals surface area contributed by atoms with E-state index in [4.69, 9.17) is 5.73 Å². The Hall–Kier alpha value is -0.480. The lowest BCUT2D eigenvalue weighted by Crippen LogP contribution is -2.41. The Bertz CT molecular complexity index is 311.